The van der Waals surface area contributed by atoms with Gasteiger partial charge in [-0.3, -0.25) is 14.6 Å². The highest BCUT2D eigenvalue weighted by molar-refractivity contribution is 5.92. The summed E-state index contributed by atoms with van der Waals surface area (Å²) in [5.41, 5.74) is -0.128. The van der Waals surface area contributed by atoms with Gasteiger partial charge in [0, 0.05) is 44.2 Å². The summed E-state index contributed by atoms with van der Waals surface area (Å²) >= 11 is 0. The number of aromatic nitrogens is 1. The van der Waals surface area contributed by atoms with E-state index in [0.29, 0.717) is 24.5 Å². The highest BCUT2D eigenvalue weighted by Gasteiger charge is 2.56. The number of carbonyl (C=O) groups is 3. The van der Waals surface area contributed by atoms with Crippen molar-refractivity contribution in [2.45, 2.75) is 71.1 Å². The lowest BCUT2D eigenvalue weighted by Gasteiger charge is -2.47. The fraction of sp³-hybridized carbons (Fsp3) is 0.571. The lowest BCUT2D eigenvalue weighted by molar-refractivity contribution is -0.131. The molecule has 0 aromatic carbocycles. The minimum atomic E-state index is -1.08. The number of nitrogens with one attached hydrogen (secondary N) is 1. The van der Waals surface area contributed by atoms with Gasteiger partial charge in [-0.2, -0.15) is 0 Å². The second kappa shape index (κ2) is 10.6. The first-order chi connectivity index (χ1) is 18.3. The van der Waals surface area contributed by atoms with Crippen LogP contribution in [0.5, 0.6) is 0 Å². The van der Waals surface area contributed by atoms with Crippen LogP contribution in [0.1, 0.15) is 64.4 Å². The van der Waals surface area contributed by atoms with E-state index < -0.39 is 34.9 Å². The number of hydrogen-bond donors (Lipinski definition) is 2. The quantitative estimate of drug-likeness (QED) is 0.555. The highest BCUT2D eigenvalue weighted by Crippen LogP contribution is 2.45. The van der Waals surface area contributed by atoms with Crippen LogP contribution >= 0.6 is 0 Å². The molecule has 1 aliphatic carbocycles. The number of anilines is 1. The summed E-state index contributed by atoms with van der Waals surface area (Å²) in [6.07, 6.45) is 4.03. The number of likely N-dealkylation sites (N-methyl/N-ethyl adjacent to an activating group) is 2. The minimum Gasteiger partial charge on any atom is -0.477 e. The molecule has 2 aliphatic heterocycles. The first-order valence-corrected chi connectivity index (χ1v) is 13.4. The second-order valence-electron chi connectivity index (χ2n) is 11.5. The number of amides is 2. The third kappa shape index (κ3) is 5.50. The number of fused-ring (bicyclic) bond motifs is 1. The maximum Gasteiger partial charge on any atom is 0.414 e. The number of pyridine rings is 1. The van der Waals surface area contributed by atoms with Crippen molar-refractivity contribution >= 4 is 23.7 Å². The zero-order chi connectivity index (χ0) is 28.7. The molecule has 3 heterocycles. The van der Waals surface area contributed by atoms with Gasteiger partial charge < -0.3 is 20.1 Å². The third-order valence-corrected chi connectivity index (χ3v) is 7.90. The molecule has 2 fully saturated rings. The van der Waals surface area contributed by atoms with Crippen LogP contribution in [-0.4, -0.2) is 81.7 Å². The van der Waals surface area contributed by atoms with Crippen molar-refractivity contribution in [1.82, 2.24) is 20.1 Å². The predicted octanol–water partition coefficient (Wildman–Crippen LogP) is 3.91. The Morgan fingerprint density at radius 2 is 2.05 bits per heavy atom. The lowest BCUT2D eigenvalue weighted by atomic mass is 9.78. The molecule has 3 aliphatic rings. The summed E-state index contributed by atoms with van der Waals surface area (Å²) in [5, 5.41) is 12.1. The van der Waals surface area contributed by atoms with Gasteiger partial charge in [-0.15, -0.1) is 0 Å². The van der Waals surface area contributed by atoms with E-state index in [9.17, 15) is 14.4 Å². The molecule has 3 atom stereocenters. The molecule has 0 bridgehead atoms. The Balaban J connectivity index is 1.61. The summed E-state index contributed by atoms with van der Waals surface area (Å²) < 4.78 is 20.7. The smallest absolute Gasteiger partial charge is 0.414 e. The van der Waals surface area contributed by atoms with Crippen molar-refractivity contribution in [2.75, 3.05) is 31.6 Å². The van der Waals surface area contributed by atoms with Crippen molar-refractivity contribution in [2.24, 2.45) is 5.92 Å². The predicted molar refractivity (Wildman–Crippen MR) is 144 cm³/mol. The van der Waals surface area contributed by atoms with Crippen LogP contribution in [0.25, 0.3) is 0 Å². The number of allylic oxidation sites excluding steroid dienone is 2. The minimum absolute atomic E-state index is 0.0254. The summed E-state index contributed by atoms with van der Waals surface area (Å²) in [7, 11) is 1.93. The molecule has 2 amide bonds. The zero-order valence-corrected chi connectivity index (χ0v) is 23.5. The summed E-state index contributed by atoms with van der Waals surface area (Å²) in [6.45, 7) is 10.4. The average molecular weight is 544 g/mol. The molecule has 1 aromatic rings. The van der Waals surface area contributed by atoms with Gasteiger partial charge in [0.15, 0.2) is 0 Å². The fourth-order valence-corrected chi connectivity index (χ4v) is 5.73. The lowest BCUT2D eigenvalue weighted by Crippen LogP contribution is -2.61. The van der Waals surface area contributed by atoms with Gasteiger partial charge in [0.25, 0.3) is 0 Å². The van der Waals surface area contributed by atoms with E-state index >= 15 is 4.39 Å². The Morgan fingerprint density at radius 3 is 2.64 bits per heavy atom. The molecule has 212 valence electrons. The molecule has 2 saturated heterocycles. The van der Waals surface area contributed by atoms with E-state index in [1.165, 1.54) is 23.2 Å². The molecule has 2 unspecified atom stereocenters. The van der Waals surface area contributed by atoms with E-state index in [-0.39, 0.29) is 30.6 Å². The van der Waals surface area contributed by atoms with E-state index in [2.05, 4.69) is 15.2 Å². The Hall–Kier alpha value is -3.47. The van der Waals surface area contributed by atoms with E-state index in [0.717, 1.165) is 18.5 Å². The Bertz CT molecular complexity index is 1210. The van der Waals surface area contributed by atoms with Gasteiger partial charge in [0.2, 0.25) is 5.91 Å². The number of carboxylic acid groups (broad SMARTS) is 1. The highest BCUT2D eigenvalue weighted by atomic mass is 19.1. The molecular weight excluding hydrogens is 505 g/mol. The first-order valence-electron chi connectivity index (χ1n) is 13.4. The molecule has 11 heteroatoms. The molecular formula is C28H38FN5O5. The number of halogens is 1. The molecule has 10 nitrogen and oxygen atoms in total. The van der Waals surface area contributed by atoms with Crippen molar-refractivity contribution in [3.63, 3.8) is 0 Å². The van der Waals surface area contributed by atoms with Gasteiger partial charge in [0.1, 0.15) is 22.7 Å². The average Bonchev–Trinajstić information content (AvgIpc) is 3.13. The van der Waals surface area contributed by atoms with Gasteiger partial charge in [-0.05, 0) is 72.2 Å². The Kier molecular flexibility index (Phi) is 7.75. The van der Waals surface area contributed by atoms with Crippen LogP contribution in [0.2, 0.25) is 0 Å². The number of piperidine rings is 1. The molecule has 0 spiro atoms. The number of hydrogen-bond acceptors (Lipinski definition) is 7. The van der Waals surface area contributed by atoms with Crippen molar-refractivity contribution in [1.29, 1.82) is 0 Å². The molecule has 4 rings (SSSR count). The van der Waals surface area contributed by atoms with Crippen LogP contribution in [0.3, 0.4) is 0 Å². The van der Waals surface area contributed by atoms with Crippen molar-refractivity contribution < 1.29 is 28.6 Å². The van der Waals surface area contributed by atoms with Crippen molar-refractivity contribution in [3.05, 3.63) is 47.3 Å². The number of rotatable bonds is 6. The maximum absolute atomic E-state index is 15.2. The van der Waals surface area contributed by atoms with Gasteiger partial charge in [-0.25, -0.2) is 19.0 Å². The van der Waals surface area contributed by atoms with E-state index in [1.807, 2.05) is 18.9 Å². The molecule has 1 aromatic heterocycles. The summed E-state index contributed by atoms with van der Waals surface area (Å²) in [4.78, 5) is 47.4. The third-order valence-electron chi connectivity index (χ3n) is 7.90. The first kappa shape index (κ1) is 28.5. The standard InChI is InChI=1S/C28H38FN5O5/c1-7-34(26(38)39-27(2,3)4)22-14-17(29)13-20-23(22)31-25(37)28(20,5)33-12-8-9-19(16-33)32(6)18-10-11-21(24(35)36)30-15-18/h10-11,14-15,19-20H,7-9,12-13,16H2,1-6H3,(H,31,37)(H,35,36)/t19-,20?,28?/m1/s1. The fourth-order valence-electron chi connectivity index (χ4n) is 5.73. The van der Waals surface area contributed by atoms with Crippen LogP contribution in [0.15, 0.2) is 41.6 Å². The zero-order valence-electron chi connectivity index (χ0n) is 23.5. The number of likely N-dealkylation sites (tertiary alicyclic amines) is 1. The number of aromatic carboxylic acids is 1. The van der Waals surface area contributed by atoms with Crippen LogP contribution in [-0.2, 0) is 9.53 Å². The Labute approximate surface area is 228 Å². The SMILES string of the molecule is CCN(C(=O)OC(C)(C)C)C1=C2NC(=O)C(C)(N3CCC[C@@H](N(C)c4ccc(C(=O)O)nc4)C3)C2CC(F)=C1. The van der Waals surface area contributed by atoms with E-state index in [4.69, 9.17) is 9.84 Å². The summed E-state index contributed by atoms with van der Waals surface area (Å²) in [6, 6.07) is 3.23. The molecule has 0 saturated carbocycles. The second-order valence-corrected chi connectivity index (χ2v) is 11.5. The van der Waals surface area contributed by atoms with Gasteiger partial charge in [-0.1, -0.05) is 0 Å². The number of carboxylic acids is 1. The summed E-state index contributed by atoms with van der Waals surface area (Å²) in [5.74, 6) is -2.20. The van der Waals surface area contributed by atoms with Crippen LogP contribution < -0.4 is 10.2 Å². The monoisotopic (exact) mass is 543 g/mol. The molecule has 39 heavy (non-hydrogen) atoms. The van der Waals surface area contributed by atoms with Gasteiger partial charge in [0.05, 0.1) is 17.6 Å². The van der Waals surface area contributed by atoms with Crippen LogP contribution in [0, 0.1) is 5.92 Å². The molecule has 2 N–H and O–H groups in total. The number of ether oxygens (including phenoxy) is 1. The topological polar surface area (TPSA) is 115 Å². The normalized spacial score (nSPS) is 25.5. The number of carbonyl (C=O) groups excluding carboxylic acids is 2. The van der Waals surface area contributed by atoms with Crippen LogP contribution in [0.4, 0.5) is 14.9 Å². The van der Waals surface area contributed by atoms with Crippen molar-refractivity contribution in [3.8, 4) is 0 Å². The number of nitrogens with zero attached hydrogens (tertiary/aromatic N) is 4. The van der Waals surface area contributed by atoms with E-state index in [1.54, 1.807) is 33.8 Å². The largest absolute Gasteiger partial charge is 0.477 e. The maximum atomic E-state index is 15.2. The molecule has 0 radical (unpaired) electrons. The Morgan fingerprint density at radius 1 is 1.33 bits per heavy atom. The van der Waals surface area contributed by atoms with Gasteiger partial charge >= 0.3 is 12.1 Å².